The molecule has 0 atom stereocenters. The molecule has 9 nitrogen and oxygen atoms in total. The maximum atomic E-state index is 13.9. The number of aromatic nitrogens is 2. The number of Topliss-reactive ketones (excluding diaryl/α,β-unsaturated/α-hetero) is 1. The van der Waals surface area contributed by atoms with E-state index in [9.17, 15) is 9.59 Å². The second-order valence-corrected chi connectivity index (χ2v) is 10.3. The van der Waals surface area contributed by atoms with Crippen LogP contribution in [0.25, 0.3) is 32.9 Å². The first-order chi connectivity index (χ1) is 21.9. The van der Waals surface area contributed by atoms with Gasteiger partial charge in [0, 0.05) is 40.7 Å². The molecule has 2 heterocycles. The van der Waals surface area contributed by atoms with Crippen molar-refractivity contribution in [3.05, 3.63) is 108 Å². The van der Waals surface area contributed by atoms with Crippen molar-refractivity contribution in [3.63, 3.8) is 0 Å². The third-order valence-corrected chi connectivity index (χ3v) is 7.77. The number of ether oxygens (including phenoxy) is 4. The highest BCUT2D eigenvalue weighted by Crippen LogP contribution is 2.38. The molecule has 0 aliphatic carbocycles. The number of carbonyl (C=O) groups is 2. The number of amides is 1. The number of fused-ring (bicyclic) bond motifs is 2. The summed E-state index contributed by atoms with van der Waals surface area (Å²) in [4.78, 5) is 35.7. The zero-order chi connectivity index (χ0) is 31.5. The molecule has 0 saturated carbocycles. The number of para-hydroxylation sites is 1. The Balaban J connectivity index is 1.41. The average molecular weight is 602 g/mol. The number of nitrogens with zero attached hydrogens (tertiary/aromatic N) is 1. The Hall–Kier alpha value is -5.83. The smallest absolute Gasteiger partial charge is 0.296 e. The maximum Gasteiger partial charge on any atom is 0.296 e. The van der Waals surface area contributed by atoms with Crippen LogP contribution in [0.5, 0.6) is 23.0 Å². The minimum atomic E-state index is -0.789. The van der Waals surface area contributed by atoms with E-state index in [0.717, 1.165) is 27.5 Å². The fourth-order valence-electron chi connectivity index (χ4n) is 5.56. The van der Waals surface area contributed by atoms with Gasteiger partial charge in [-0.05, 0) is 46.8 Å². The molecular formula is C36H31N3O6. The second kappa shape index (κ2) is 12.4. The van der Waals surface area contributed by atoms with Gasteiger partial charge in [-0.3, -0.25) is 14.6 Å². The lowest BCUT2D eigenvalue weighted by atomic mass is 9.99. The highest BCUT2D eigenvalue weighted by molar-refractivity contribution is 6.49. The van der Waals surface area contributed by atoms with Gasteiger partial charge in [0.15, 0.2) is 23.0 Å². The van der Waals surface area contributed by atoms with Gasteiger partial charge in [0.05, 0.1) is 45.4 Å². The number of hydrogen-bond donors (Lipinski definition) is 2. The van der Waals surface area contributed by atoms with Crippen LogP contribution in [-0.4, -0.2) is 50.1 Å². The lowest BCUT2D eigenvalue weighted by Crippen LogP contribution is -2.24. The summed E-state index contributed by atoms with van der Waals surface area (Å²) in [6.45, 7) is 0. The molecule has 2 aromatic heterocycles. The average Bonchev–Trinajstić information content (AvgIpc) is 3.47. The van der Waals surface area contributed by atoms with E-state index in [1.54, 1.807) is 39.7 Å². The molecule has 0 bridgehead atoms. The molecule has 1 amide bonds. The number of carbonyl (C=O) groups excluding carboxylic acids is 2. The summed E-state index contributed by atoms with van der Waals surface area (Å²) in [5.41, 5.74) is 4.23. The molecule has 6 rings (SSSR count). The fourth-order valence-corrected chi connectivity index (χ4v) is 5.56. The third kappa shape index (κ3) is 5.51. The SMILES string of the molecule is COc1cc(Cc2nccc3cc(OC)c(OC)cc23)c(NC(=O)C(=O)c2c(-c3ccccc3)[nH]c3ccccc23)cc1OC. The monoisotopic (exact) mass is 601 g/mol. The van der Waals surface area contributed by atoms with E-state index in [-0.39, 0.29) is 0 Å². The highest BCUT2D eigenvalue weighted by Gasteiger charge is 2.26. The largest absolute Gasteiger partial charge is 0.493 e. The van der Waals surface area contributed by atoms with E-state index < -0.39 is 11.7 Å². The molecule has 0 spiro atoms. The molecule has 0 radical (unpaired) electrons. The van der Waals surface area contributed by atoms with E-state index in [2.05, 4.69) is 15.3 Å². The predicted molar refractivity (Wildman–Crippen MR) is 174 cm³/mol. The van der Waals surface area contributed by atoms with Gasteiger partial charge in [-0.1, -0.05) is 48.5 Å². The molecule has 0 aliphatic rings. The molecular weight excluding hydrogens is 570 g/mol. The Morgan fingerprint density at radius 3 is 2.11 bits per heavy atom. The topological polar surface area (TPSA) is 112 Å². The number of benzene rings is 4. The van der Waals surface area contributed by atoms with Crippen LogP contribution in [0.3, 0.4) is 0 Å². The van der Waals surface area contributed by atoms with Gasteiger partial charge in [0.25, 0.3) is 11.7 Å². The quantitative estimate of drug-likeness (QED) is 0.131. The highest BCUT2D eigenvalue weighted by atomic mass is 16.5. The molecule has 2 N–H and O–H groups in total. The summed E-state index contributed by atoms with van der Waals surface area (Å²) in [5.74, 6) is 0.581. The summed E-state index contributed by atoms with van der Waals surface area (Å²) in [7, 11) is 6.22. The summed E-state index contributed by atoms with van der Waals surface area (Å²) in [6, 6.07) is 26.0. The fraction of sp³-hybridized carbons (Fsp3) is 0.139. The van der Waals surface area contributed by atoms with E-state index in [4.69, 9.17) is 18.9 Å². The summed E-state index contributed by atoms with van der Waals surface area (Å²) in [6.07, 6.45) is 2.02. The third-order valence-electron chi connectivity index (χ3n) is 7.77. The van der Waals surface area contributed by atoms with E-state index in [0.29, 0.717) is 57.3 Å². The van der Waals surface area contributed by atoms with Crippen LogP contribution in [0.2, 0.25) is 0 Å². The Labute approximate surface area is 259 Å². The van der Waals surface area contributed by atoms with Gasteiger partial charge in [-0.25, -0.2) is 0 Å². The van der Waals surface area contributed by atoms with Crippen molar-refractivity contribution in [2.24, 2.45) is 0 Å². The van der Waals surface area contributed by atoms with Crippen molar-refractivity contribution < 1.29 is 28.5 Å². The minimum absolute atomic E-state index is 0.299. The minimum Gasteiger partial charge on any atom is -0.493 e. The zero-order valence-electron chi connectivity index (χ0n) is 25.3. The van der Waals surface area contributed by atoms with E-state index in [1.807, 2.05) is 72.8 Å². The van der Waals surface area contributed by atoms with Gasteiger partial charge in [0.2, 0.25) is 0 Å². The number of anilines is 1. The molecule has 6 aromatic rings. The normalized spacial score (nSPS) is 10.9. The number of rotatable bonds is 10. The Morgan fingerprint density at radius 1 is 0.733 bits per heavy atom. The van der Waals surface area contributed by atoms with Crippen LogP contribution in [0, 0.1) is 0 Å². The van der Waals surface area contributed by atoms with E-state index >= 15 is 0 Å². The summed E-state index contributed by atoms with van der Waals surface area (Å²) >= 11 is 0. The lowest BCUT2D eigenvalue weighted by Gasteiger charge is -2.17. The molecule has 45 heavy (non-hydrogen) atoms. The molecule has 9 heteroatoms. The van der Waals surface area contributed by atoms with Gasteiger partial charge in [0.1, 0.15) is 0 Å². The lowest BCUT2D eigenvalue weighted by molar-refractivity contribution is -0.112. The van der Waals surface area contributed by atoms with E-state index in [1.165, 1.54) is 7.11 Å². The van der Waals surface area contributed by atoms with Crippen LogP contribution in [0.4, 0.5) is 5.69 Å². The molecule has 0 saturated heterocycles. The van der Waals surface area contributed by atoms with Crippen LogP contribution in [0.1, 0.15) is 21.6 Å². The van der Waals surface area contributed by atoms with Crippen molar-refractivity contribution in [1.82, 2.24) is 9.97 Å². The van der Waals surface area contributed by atoms with Crippen molar-refractivity contribution in [2.75, 3.05) is 33.8 Å². The number of ketones is 1. The first-order valence-corrected chi connectivity index (χ1v) is 14.2. The Bertz CT molecular complexity index is 2050. The Kier molecular flexibility index (Phi) is 8.07. The zero-order valence-corrected chi connectivity index (χ0v) is 25.3. The van der Waals surface area contributed by atoms with Gasteiger partial charge in [-0.2, -0.15) is 0 Å². The van der Waals surface area contributed by atoms with Crippen molar-refractivity contribution >= 4 is 39.1 Å². The van der Waals surface area contributed by atoms with Crippen LogP contribution in [0.15, 0.2) is 91.1 Å². The van der Waals surface area contributed by atoms with Crippen LogP contribution >= 0.6 is 0 Å². The second-order valence-electron chi connectivity index (χ2n) is 10.3. The maximum absolute atomic E-state index is 13.9. The number of hydrogen-bond acceptors (Lipinski definition) is 7. The van der Waals surface area contributed by atoms with Crippen molar-refractivity contribution in [2.45, 2.75) is 6.42 Å². The number of methoxy groups -OCH3 is 4. The number of nitrogens with one attached hydrogen (secondary N) is 2. The van der Waals surface area contributed by atoms with Crippen LogP contribution < -0.4 is 24.3 Å². The van der Waals surface area contributed by atoms with Gasteiger partial charge in [-0.15, -0.1) is 0 Å². The number of pyridine rings is 1. The first kappa shape index (κ1) is 29.3. The molecule has 0 fully saturated rings. The predicted octanol–water partition coefficient (Wildman–Crippen LogP) is 6.83. The first-order valence-electron chi connectivity index (χ1n) is 14.2. The standard InChI is InChI=1S/C36H31N3O6/c1-42-29-17-22-14-15-37-28(25(22)19-31(29)44-3)16-23-18-30(43-2)32(45-4)20-27(23)39-36(41)35(40)33-24-12-8-9-13-26(24)38-34(33)21-10-6-5-7-11-21/h5-15,17-20,38H,16H2,1-4H3,(H,39,41). The molecule has 4 aromatic carbocycles. The molecule has 0 aliphatic heterocycles. The number of H-pyrrole nitrogens is 1. The molecule has 226 valence electrons. The summed E-state index contributed by atoms with van der Waals surface area (Å²) < 4.78 is 22.1. The number of aromatic amines is 1. The van der Waals surface area contributed by atoms with Crippen molar-refractivity contribution in [3.8, 4) is 34.3 Å². The van der Waals surface area contributed by atoms with Crippen molar-refractivity contribution in [1.29, 1.82) is 0 Å². The summed E-state index contributed by atoms with van der Waals surface area (Å²) in [5, 5.41) is 5.29. The Morgan fingerprint density at radius 2 is 1.38 bits per heavy atom. The molecule has 0 unspecified atom stereocenters. The van der Waals surface area contributed by atoms with Gasteiger partial charge >= 0.3 is 0 Å². The van der Waals surface area contributed by atoms with Crippen LogP contribution in [-0.2, 0) is 11.2 Å². The van der Waals surface area contributed by atoms with Gasteiger partial charge < -0.3 is 29.2 Å².